The van der Waals surface area contributed by atoms with Gasteiger partial charge in [-0.15, -0.1) is 0 Å². The molecule has 1 atom stereocenters. The molecule has 0 aliphatic rings. The van der Waals surface area contributed by atoms with E-state index >= 15 is 0 Å². The van der Waals surface area contributed by atoms with Crippen LogP contribution in [0.25, 0.3) is 0 Å². The highest BCUT2D eigenvalue weighted by atomic mass is 16.4. The molecule has 19 heavy (non-hydrogen) atoms. The summed E-state index contributed by atoms with van der Waals surface area (Å²) in [7, 11) is 1.55. The van der Waals surface area contributed by atoms with Crippen molar-refractivity contribution in [3.8, 4) is 0 Å². The van der Waals surface area contributed by atoms with E-state index in [1.807, 2.05) is 0 Å². The fourth-order valence-corrected chi connectivity index (χ4v) is 1.36. The summed E-state index contributed by atoms with van der Waals surface area (Å²) in [5.41, 5.74) is 0. The molecule has 0 heterocycles. The van der Waals surface area contributed by atoms with Crippen molar-refractivity contribution in [2.24, 2.45) is 0 Å². The molecule has 0 aromatic carbocycles. The summed E-state index contributed by atoms with van der Waals surface area (Å²) in [5.74, 6) is -1.88. The monoisotopic (exact) mass is 272 g/mol. The van der Waals surface area contributed by atoms with Gasteiger partial charge in [0.2, 0.25) is 11.8 Å². The van der Waals surface area contributed by atoms with Gasteiger partial charge in [-0.3, -0.25) is 19.2 Å². The van der Waals surface area contributed by atoms with E-state index in [0.29, 0.717) is 6.54 Å². The number of Topliss-reactive ketones (excluding diaryl/α,β-unsaturated/α-hetero) is 1. The molecule has 0 rings (SSSR count). The minimum absolute atomic E-state index is 0.0159. The van der Waals surface area contributed by atoms with E-state index in [9.17, 15) is 19.2 Å². The Hall–Kier alpha value is -1.92. The van der Waals surface area contributed by atoms with Crippen LogP contribution in [-0.4, -0.2) is 53.2 Å². The summed E-state index contributed by atoms with van der Waals surface area (Å²) in [6, 6.07) is -0.738. The van der Waals surface area contributed by atoms with E-state index in [1.165, 1.54) is 18.7 Å². The zero-order valence-electron chi connectivity index (χ0n) is 11.4. The Morgan fingerprint density at radius 3 is 2.21 bits per heavy atom. The Labute approximate surface area is 112 Å². The van der Waals surface area contributed by atoms with E-state index in [-0.39, 0.29) is 31.0 Å². The van der Waals surface area contributed by atoms with Crippen LogP contribution in [0.1, 0.15) is 33.1 Å². The maximum atomic E-state index is 11.8. The van der Waals surface area contributed by atoms with Crippen molar-refractivity contribution < 1.29 is 24.3 Å². The number of hydrogen-bond acceptors (Lipinski definition) is 4. The lowest BCUT2D eigenvalue weighted by Crippen LogP contribution is -2.46. The van der Waals surface area contributed by atoms with Crippen LogP contribution in [-0.2, 0) is 19.2 Å². The van der Waals surface area contributed by atoms with Crippen molar-refractivity contribution in [1.29, 1.82) is 0 Å². The number of carboxylic acid groups (broad SMARTS) is 1. The van der Waals surface area contributed by atoms with Crippen molar-refractivity contribution in [2.75, 3.05) is 13.6 Å². The van der Waals surface area contributed by atoms with E-state index in [2.05, 4.69) is 5.32 Å². The number of carboxylic acids is 1. The Balaban J connectivity index is 4.14. The standard InChI is InChI=1S/C12H20N2O5/c1-8(15)6-7-14(3)12(19)9(2)13-10(16)4-5-11(17)18/h9H,4-7H2,1-3H3,(H,13,16)(H,17,18). The number of carbonyl (C=O) groups excluding carboxylic acids is 3. The number of carbonyl (C=O) groups is 4. The minimum atomic E-state index is -1.06. The first-order chi connectivity index (χ1) is 8.73. The molecule has 0 saturated carbocycles. The molecule has 7 heteroatoms. The number of likely N-dealkylation sites (N-methyl/N-ethyl adjacent to an activating group) is 1. The molecule has 108 valence electrons. The first-order valence-corrected chi connectivity index (χ1v) is 5.99. The highest BCUT2D eigenvalue weighted by Gasteiger charge is 2.19. The van der Waals surface area contributed by atoms with Gasteiger partial charge in [0, 0.05) is 26.4 Å². The molecule has 1 unspecified atom stereocenters. The summed E-state index contributed by atoms with van der Waals surface area (Å²) in [5, 5.41) is 10.9. The lowest BCUT2D eigenvalue weighted by Gasteiger charge is -2.21. The zero-order valence-corrected chi connectivity index (χ0v) is 11.4. The van der Waals surface area contributed by atoms with Crippen molar-refractivity contribution in [3.05, 3.63) is 0 Å². The molecule has 0 radical (unpaired) electrons. The number of hydrogen-bond donors (Lipinski definition) is 2. The molecule has 2 amide bonds. The molecule has 2 N–H and O–H groups in total. The minimum Gasteiger partial charge on any atom is -0.481 e. The van der Waals surface area contributed by atoms with Gasteiger partial charge < -0.3 is 15.3 Å². The molecule has 0 aliphatic carbocycles. The predicted octanol–water partition coefficient (Wildman–Crippen LogP) is -0.207. The second-order valence-electron chi connectivity index (χ2n) is 4.39. The number of ketones is 1. The van der Waals surface area contributed by atoms with Gasteiger partial charge in [0.15, 0.2) is 0 Å². The van der Waals surface area contributed by atoms with Gasteiger partial charge >= 0.3 is 5.97 Å². The molecule has 0 spiro atoms. The van der Waals surface area contributed by atoms with E-state index in [4.69, 9.17) is 5.11 Å². The predicted molar refractivity (Wildman–Crippen MR) is 67.4 cm³/mol. The molecular formula is C12H20N2O5. The summed E-state index contributed by atoms with van der Waals surface area (Å²) < 4.78 is 0. The Bertz CT molecular complexity index is 367. The van der Waals surface area contributed by atoms with E-state index in [1.54, 1.807) is 7.05 Å². The molecule has 7 nitrogen and oxygen atoms in total. The Kier molecular flexibility index (Phi) is 7.40. The van der Waals surface area contributed by atoms with Crippen LogP contribution in [0, 0.1) is 0 Å². The Morgan fingerprint density at radius 1 is 1.16 bits per heavy atom. The maximum absolute atomic E-state index is 11.8. The van der Waals surface area contributed by atoms with E-state index in [0.717, 1.165) is 0 Å². The van der Waals surface area contributed by atoms with Gasteiger partial charge in [-0.2, -0.15) is 0 Å². The van der Waals surface area contributed by atoms with E-state index < -0.39 is 17.9 Å². The van der Waals surface area contributed by atoms with Crippen LogP contribution < -0.4 is 5.32 Å². The molecule has 0 aromatic rings. The van der Waals surface area contributed by atoms with Crippen LogP contribution in [0.15, 0.2) is 0 Å². The zero-order chi connectivity index (χ0) is 15.0. The van der Waals surface area contributed by atoms with Gasteiger partial charge in [-0.25, -0.2) is 0 Å². The number of nitrogens with one attached hydrogen (secondary N) is 1. The maximum Gasteiger partial charge on any atom is 0.303 e. The van der Waals surface area contributed by atoms with Crippen molar-refractivity contribution in [2.45, 2.75) is 39.2 Å². The van der Waals surface area contributed by atoms with Crippen LogP contribution in [0.4, 0.5) is 0 Å². The third kappa shape index (κ3) is 7.91. The number of nitrogens with zero attached hydrogens (tertiary/aromatic N) is 1. The molecule has 0 aliphatic heterocycles. The average molecular weight is 272 g/mol. The number of amides is 2. The summed E-state index contributed by atoms with van der Waals surface area (Å²) >= 11 is 0. The van der Waals surface area contributed by atoms with Crippen molar-refractivity contribution >= 4 is 23.6 Å². The van der Waals surface area contributed by atoms with Crippen molar-refractivity contribution in [1.82, 2.24) is 10.2 Å². The first kappa shape index (κ1) is 17.1. The molecular weight excluding hydrogens is 252 g/mol. The average Bonchev–Trinajstić information content (AvgIpc) is 2.32. The van der Waals surface area contributed by atoms with Crippen LogP contribution >= 0.6 is 0 Å². The molecule has 0 aromatic heterocycles. The van der Waals surface area contributed by atoms with Gasteiger partial charge in [-0.1, -0.05) is 0 Å². The lowest BCUT2D eigenvalue weighted by molar-refractivity contribution is -0.139. The smallest absolute Gasteiger partial charge is 0.303 e. The highest BCUT2D eigenvalue weighted by molar-refractivity contribution is 5.88. The molecule has 0 bridgehead atoms. The topological polar surface area (TPSA) is 104 Å². The molecule has 0 fully saturated rings. The third-order valence-corrected chi connectivity index (χ3v) is 2.49. The fourth-order valence-electron chi connectivity index (χ4n) is 1.36. The van der Waals surface area contributed by atoms with Crippen molar-refractivity contribution in [3.63, 3.8) is 0 Å². The summed E-state index contributed by atoms with van der Waals surface area (Å²) in [6.45, 7) is 3.25. The Morgan fingerprint density at radius 2 is 1.74 bits per heavy atom. The normalized spacial score (nSPS) is 11.5. The summed E-state index contributed by atoms with van der Waals surface area (Å²) in [4.78, 5) is 45.6. The van der Waals surface area contributed by atoms with Gasteiger partial charge in [-0.05, 0) is 13.8 Å². The first-order valence-electron chi connectivity index (χ1n) is 5.99. The van der Waals surface area contributed by atoms with Gasteiger partial charge in [0.1, 0.15) is 11.8 Å². The fraction of sp³-hybridized carbons (Fsp3) is 0.667. The lowest BCUT2D eigenvalue weighted by atomic mass is 10.2. The second kappa shape index (κ2) is 8.23. The van der Waals surface area contributed by atoms with Crippen LogP contribution in [0.5, 0.6) is 0 Å². The highest BCUT2D eigenvalue weighted by Crippen LogP contribution is 1.97. The second-order valence-corrected chi connectivity index (χ2v) is 4.39. The largest absolute Gasteiger partial charge is 0.481 e. The molecule has 0 saturated heterocycles. The third-order valence-electron chi connectivity index (χ3n) is 2.49. The number of rotatable bonds is 8. The van der Waals surface area contributed by atoms with Gasteiger partial charge in [0.05, 0.1) is 6.42 Å². The van der Waals surface area contributed by atoms with Crippen LogP contribution in [0.3, 0.4) is 0 Å². The van der Waals surface area contributed by atoms with Crippen LogP contribution in [0.2, 0.25) is 0 Å². The summed E-state index contributed by atoms with van der Waals surface area (Å²) in [6.07, 6.45) is -0.168. The van der Waals surface area contributed by atoms with Gasteiger partial charge in [0.25, 0.3) is 0 Å². The number of aliphatic carboxylic acids is 1. The quantitative estimate of drug-likeness (QED) is 0.636. The SMILES string of the molecule is CC(=O)CCN(C)C(=O)C(C)NC(=O)CCC(=O)O.